The topological polar surface area (TPSA) is 125 Å². The minimum atomic E-state index is -0.347. The number of carbonyl (C=O) groups excluding carboxylic acids is 3. The van der Waals surface area contributed by atoms with Gasteiger partial charge in [-0.05, 0) is 86.3 Å². The molecular formula is C40H38N8O4. The number of aryl methyl sites for hydroxylation is 2. The Morgan fingerprint density at radius 3 is 1.75 bits per heavy atom. The van der Waals surface area contributed by atoms with E-state index in [4.69, 9.17) is 11.2 Å². The lowest BCUT2D eigenvalue weighted by atomic mass is 10.0. The molecule has 0 fully saturated rings. The molecule has 12 heteroatoms. The molecule has 0 saturated carbocycles. The first kappa shape index (κ1) is 35.2. The van der Waals surface area contributed by atoms with Gasteiger partial charge in [0.1, 0.15) is 11.6 Å². The SMILES string of the molecule is C#Cc1cnc2c(c1)C(=O)N(C)c1cccnc1N2CC.CCN1c2ncc(CCc3ccc(C(=O)OC)cc3)cc2C(=O)N(C)c2cccnc21. The quantitative estimate of drug-likeness (QED) is 0.154. The van der Waals surface area contributed by atoms with E-state index in [0.29, 0.717) is 47.0 Å². The fourth-order valence-corrected chi connectivity index (χ4v) is 6.23. The Bertz CT molecular complexity index is 2200. The van der Waals surface area contributed by atoms with Crippen LogP contribution in [-0.4, -0.2) is 72.0 Å². The van der Waals surface area contributed by atoms with Crippen molar-refractivity contribution in [2.75, 3.05) is 53.9 Å². The number of aromatic nitrogens is 4. The molecule has 0 unspecified atom stereocenters. The number of pyridine rings is 4. The van der Waals surface area contributed by atoms with Crippen LogP contribution in [0.5, 0.6) is 0 Å². The van der Waals surface area contributed by atoms with Crippen LogP contribution in [0.4, 0.5) is 34.6 Å². The van der Waals surface area contributed by atoms with Crippen molar-refractivity contribution in [2.45, 2.75) is 26.7 Å². The third kappa shape index (κ3) is 6.64. The molecule has 2 aliphatic rings. The lowest BCUT2D eigenvalue weighted by Crippen LogP contribution is -2.25. The molecule has 5 aromatic rings. The number of anilines is 6. The van der Waals surface area contributed by atoms with Crippen LogP contribution >= 0.6 is 0 Å². The Morgan fingerprint density at radius 2 is 1.23 bits per heavy atom. The molecule has 0 spiro atoms. The molecule has 0 atom stereocenters. The van der Waals surface area contributed by atoms with Gasteiger partial charge in [0, 0.05) is 57.5 Å². The van der Waals surface area contributed by atoms with Crippen molar-refractivity contribution in [2.24, 2.45) is 0 Å². The number of rotatable bonds is 6. The maximum absolute atomic E-state index is 13.2. The first-order valence-corrected chi connectivity index (χ1v) is 16.8. The highest BCUT2D eigenvalue weighted by Crippen LogP contribution is 2.38. The number of methoxy groups -OCH3 is 1. The fourth-order valence-electron chi connectivity index (χ4n) is 6.23. The molecule has 0 N–H and O–H groups in total. The highest BCUT2D eigenvalue weighted by Gasteiger charge is 2.31. The third-order valence-corrected chi connectivity index (χ3v) is 9.01. The van der Waals surface area contributed by atoms with Crippen molar-refractivity contribution in [1.82, 2.24) is 19.9 Å². The van der Waals surface area contributed by atoms with E-state index in [9.17, 15) is 14.4 Å². The monoisotopic (exact) mass is 694 g/mol. The molecule has 0 radical (unpaired) electrons. The van der Waals surface area contributed by atoms with Gasteiger partial charge in [-0.25, -0.2) is 24.7 Å². The summed E-state index contributed by atoms with van der Waals surface area (Å²) < 4.78 is 4.74. The molecule has 262 valence electrons. The van der Waals surface area contributed by atoms with Crippen LogP contribution in [0.2, 0.25) is 0 Å². The van der Waals surface area contributed by atoms with Crippen LogP contribution < -0.4 is 19.6 Å². The second-order valence-electron chi connectivity index (χ2n) is 12.1. The summed E-state index contributed by atoms with van der Waals surface area (Å²) in [5.74, 6) is 4.60. The van der Waals surface area contributed by atoms with Crippen molar-refractivity contribution < 1.29 is 19.1 Å². The van der Waals surface area contributed by atoms with Gasteiger partial charge in [-0.2, -0.15) is 0 Å². The molecule has 4 aromatic heterocycles. The first-order valence-electron chi connectivity index (χ1n) is 16.8. The second-order valence-corrected chi connectivity index (χ2v) is 12.1. The second kappa shape index (κ2) is 15.1. The predicted octanol–water partition coefficient (Wildman–Crippen LogP) is 6.00. The first-order chi connectivity index (χ1) is 25.2. The smallest absolute Gasteiger partial charge is 0.337 e. The number of carbonyl (C=O) groups is 3. The molecule has 12 nitrogen and oxygen atoms in total. The summed E-state index contributed by atoms with van der Waals surface area (Å²) in [6, 6.07) is 18.4. The highest BCUT2D eigenvalue weighted by atomic mass is 16.5. The maximum atomic E-state index is 13.2. The van der Waals surface area contributed by atoms with Crippen molar-refractivity contribution in [3.05, 3.63) is 119 Å². The summed E-state index contributed by atoms with van der Waals surface area (Å²) in [4.78, 5) is 62.5. The van der Waals surface area contributed by atoms with Crippen LogP contribution in [-0.2, 0) is 17.6 Å². The van der Waals surface area contributed by atoms with Gasteiger partial charge in [-0.15, -0.1) is 6.42 Å². The normalized spacial score (nSPS) is 13.0. The number of hydrogen-bond acceptors (Lipinski definition) is 10. The van der Waals surface area contributed by atoms with E-state index < -0.39 is 0 Å². The number of terminal acetylenes is 1. The molecular weight excluding hydrogens is 656 g/mol. The number of benzene rings is 1. The van der Waals surface area contributed by atoms with Gasteiger partial charge in [-0.1, -0.05) is 18.1 Å². The predicted molar refractivity (Wildman–Crippen MR) is 201 cm³/mol. The molecule has 2 amide bonds. The summed E-state index contributed by atoms with van der Waals surface area (Å²) in [6.07, 6.45) is 13.8. The van der Waals surface area contributed by atoms with Crippen molar-refractivity contribution in [1.29, 1.82) is 0 Å². The summed E-state index contributed by atoms with van der Waals surface area (Å²) in [6.45, 7) is 5.32. The van der Waals surface area contributed by atoms with Crippen LogP contribution in [0, 0.1) is 12.3 Å². The van der Waals surface area contributed by atoms with Gasteiger partial charge in [0.2, 0.25) is 0 Å². The maximum Gasteiger partial charge on any atom is 0.337 e. The minimum absolute atomic E-state index is 0.100. The van der Waals surface area contributed by atoms with E-state index in [1.54, 1.807) is 60.7 Å². The molecule has 0 bridgehead atoms. The largest absolute Gasteiger partial charge is 0.465 e. The molecule has 0 saturated heterocycles. The number of esters is 1. The average molecular weight is 695 g/mol. The summed E-state index contributed by atoms with van der Waals surface area (Å²) in [5.41, 5.74) is 5.77. The van der Waals surface area contributed by atoms with Gasteiger partial charge in [-0.3, -0.25) is 9.59 Å². The van der Waals surface area contributed by atoms with Gasteiger partial charge in [0.25, 0.3) is 11.8 Å². The van der Waals surface area contributed by atoms with E-state index in [2.05, 4.69) is 25.9 Å². The van der Waals surface area contributed by atoms with Crippen molar-refractivity contribution in [3.8, 4) is 12.3 Å². The molecule has 52 heavy (non-hydrogen) atoms. The van der Waals surface area contributed by atoms with Crippen LogP contribution in [0.3, 0.4) is 0 Å². The lowest BCUT2D eigenvalue weighted by molar-refractivity contribution is 0.0600. The van der Waals surface area contributed by atoms with E-state index in [1.165, 1.54) is 7.11 Å². The number of ether oxygens (including phenoxy) is 1. The lowest BCUT2D eigenvalue weighted by Gasteiger charge is -2.22. The Balaban J connectivity index is 0.000000192. The Labute approximate surface area is 302 Å². The van der Waals surface area contributed by atoms with Crippen molar-refractivity contribution in [3.63, 3.8) is 0 Å². The molecule has 0 aliphatic carbocycles. The van der Waals surface area contributed by atoms with E-state index in [-0.39, 0.29) is 17.8 Å². The number of amides is 2. The molecule has 6 heterocycles. The van der Waals surface area contributed by atoms with E-state index >= 15 is 0 Å². The van der Waals surface area contributed by atoms with Crippen molar-refractivity contribution >= 4 is 52.4 Å². The van der Waals surface area contributed by atoms with Crippen LogP contribution in [0.1, 0.15) is 61.6 Å². The zero-order valence-corrected chi connectivity index (χ0v) is 29.7. The summed E-state index contributed by atoms with van der Waals surface area (Å²) in [5, 5.41) is 0. The van der Waals surface area contributed by atoms with E-state index in [0.717, 1.165) is 47.0 Å². The molecule has 7 rings (SSSR count). The van der Waals surface area contributed by atoms with Gasteiger partial charge < -0.3 is 24.3 Å². The average Bonchev–Trinajstić information content (AvgIpc) is 3.34. The van der Waals surface area contributed by atoms with Crippen LogP contribution in [0.25, 0.3) is 0 Å². The standard InChI is InChI=1S/C24H24N4O3.C16H14N4O/c1-4-28-21-19(23(29)27(2)20-6-5-13-25-22(20)28)14-17(15-26-21)8-7-16-9-11-18(12-10-16)24(30)31-3;1-4-11-9-12-14(18-10-11)20(5-2)15-13(7-6-8-17-15)19(3)16(12)21/h5-6,9-15H,4,7-8H2,1-3H3;1,6-10H,5H2,2-3H3. The summed E-state index contributed by atoms with van der Waals surface area (Å²) >= 11 is 0. The summed E-state index contributed by atoms with van der Waals surface area (Å²) in [7, 11) is 4.87. The Kier molecular flexibility index (Phi) is 10.2. The third-order valence-electron chi connectivity index (χ3n) is 9.01. The number of nitrogens with zero attached hydrogens (tertiary/aromatic N) is 8. The Morgan fingerprint density at radius 1 is 0.712 bits per heavy atom. The van der Waals surface area contributed by atoms with Gasteiger partial charge in [0.05, 0.1) is 35.2 Å². The number of fused-ring (bicyclic) bond motifs is 4. The highest BCUT2D eigenvalue weighted by molar-refractivity contribution is 6.13. The zero-order valence-electron chi connectivity index (χ0n) is 29.7. The minimum Gasteiger partial charge on any atom is -0.465 e. The zero-order chi connectivity index (χ0) is 36.9. The van der Waals surface area contributed by atoms with Gasteiger partial charge >= 0.3 is 5.97 Å². The van der Waals surface area contributed by atoms with Crippen LogP contribution in [0.15, 0.2) is 85.5 Å². The van der Waals surface area contributed by atoms with Gasteiger partial charge in [0.15, 0.2) is 11.6 Å². The van der Waals surface area contributed by atoms with E-state index in [1.807, 2.05) is 72.3 Å². The number of hydrogen-bond donors (Lipinski definition) is 0. The fraction of sp³-hybridized carbons (Fsp3) is 0.225. The molecule has 2 aliphatic heterocycles. The Hall–Kier alpha value is -6.61. The molecule has 1 aromatic carbocycles.